The molecule has 0 radical (unpaired) electrons. The largest absolute Gasteiger partial charge is 0.369 e. The lowest BCUT2D eigenvalue weighted by molar-refractivity contribution is 0.233. The molecule has 21 heavy (non-hydrogen) atoms. The minimum absolute atomic E-state index is 0.213. The average molecular weight is 312 g/mol. The third kappa shape index (κ3) is 4.66. The van der Waals surface area contributed by atoms with Gasteiger partial charge in [-0.2, -0.15) is 0 Å². The van der Waals surface area contributed by atoms with E-state index in [0.717, 1.165) is 19.6 Å². The van der Waals surface area contributed by atoms with Crippen molar-refractivity contribution < 1.29 is 8.42 Å². The van der Waals surface area contributed by atoms with Crippen molar-refractivity contribution in [2.45, 2.75) is 31.1 Å². The molecule has 7 heteroatoms. The first kappa shape index (κ1) is 16.2. The molecule has 1 aliphatic heterocycles. The highest BCUT2D eigenvalue weighted by Crippen LogP contribution is 2.17. The first-order chi connectivity index (χ1) is 10.1. The van der Waals surface area contributed by atoms with Crippen LogP contribution in [0, 0.1) is 0 Å². The van der Waals surface area contributed by atoms with Crippen molar-refractivity contribution in [2.75, 3.05) is 38.0 Å². The summed E-state index contributed by atoms with van der Waals surface area (Å²) in [6, 6.07) is 3.22. The van der Waals surface area contributed by atoms with Gasteiger partial charge in [0.1, 0.15) is 10.7 Å². The molecule has 0 unspecified atom stereocenters. The fourth-order valence-corrected chi connectivity index (χ4v) is 3.66. The van der Waals surface area contributed by atoms with E-state index in [-0.39, 0.29) is 4.90 Å². The standard InChI is InChI=1S/C14H24N4O2S/c1-2-15-14-13(7-6-8-16-14)21(19,20)17-9-12-18-10-4-3-5-11-18/h6-8,17H,2-5,9-12H2,1H3,(H,15,16). The molecule has 1 fully saturated rings. The number of likely N-dealkylation sites (tertiary alicyclic amines) is 1. The van der Waals surface area contributed by atoms with Gasteiger partial charge in [-0.25, -0.2) is 18.1 Å². The Labute approximate surface area is 127 Å². The van der Waals surface area contributed by atoms with E-state index in [1.54, 1.807) is 18.3 Å². The Morgan fingerprint density at radius 3 is 2.76 bits per heavy atom. The molecule has 0 aliphatic carbocycles. The Hall–Kier alpha value is -1.18. The highest BCUT2D eigenvalue weighted by atomic mass is 32.2. The Morgan fingerprint density at radius 1 is 1.29 bits per heavy atom. The van der Waals surface area contributed by atoms with Gasteiger partial charge in [-0.15, -0.1) is 0 Å². The van der Waals surface area contributed by atoms with Gasteiger partial charge in [-0.05, 0) is 45.0 Å². The summed E-state index contributed by atoms with van der Waals surface area (Å²) < 4.78 is 27.4. The van der Waals surface area contributed by atoms with Gasteiger partial charge in [0, 0.05) is 25.8 Å². The molecule has 118 valence electrons. The number of pyridine rings is 1. The molecule has 0 amide bonds. The third-order valence-corrected chi connectivity index (χ3v) is 5.07. The Morgan fingerprint density at radius 2 is 2.05 bits per heavy atom. The minimum Gasteiger partial charge on any atom is -0.369 e. The SMILES string of the molecule is CCNc1ncccc1S(=O)(=O)NCCN1CCCCC1. The predicted molar refractivity (Wildman–Crippen MR) is 83.9 cm³/mol. The van der Waals surface area contributed by atoms with Crippen molar-refractivity contribution in [3.8, 4) is 0 Å². The lowest BCUT2D eigenvalue weighted by Crippen LogP contribution is -2.37. The monoisotopic (exact) mass is 312 g/mol. The number of sulfonamides is 1. The molecule has 0 spiro atoms. The molecular formula is C14H24N4O2S. The molecule has 0 bridgehead atoms. The average Bonchev–Trinajstić information content (AvgIpc) is 2.49. The normalized spacial score (nSPS) is 16.8. The van der Waals surface area contributed by atoms with Gasteiger partial charge in [0.05, 0.1) is 0 Å². The molecular weight excluding hydrogens is 288 g/mol. The number of hydrogen-bond acceptors (Lipinski definition) is 5. The zero-order valence-electron chi connectivity index (χ0n) is 12.5. The van der Waals surface area contributed by atoms with Crippen LogP contribution in [0.4, 0.5) is 5.82 Å². The van der Waals surface area contributed by atoms with Crippen LogP contribution in [0.25, 0.3) is 0 Å². The second-order valence-electron chi connectivity index (χ2n) is 5.18. The third-order valence-electron chi connectivity index (χ3n) is 3.57. The lowest BCUT2D eigenvalue weighted by atomic mass is 10.1. The van der Waals surface area contributed by atoms with Gasteiger partial charge in [-0.3, -0.25) is 0 Å². The summed E-state index contributed by atoms with van der Waals surface area (Å²) in [6.45, 7) is 5.87. The van der Waals surface area contributed by atoms with Crippen molar-refractivity contribution in [3.05, 3.63) is 18.3 Å². The van der Waals surface area contributed by atoms with Gasteiger partial charge in [-0.1, -0.05) is 6.42 Å². The fraction of sp³-hybridized carbons (Fsp3) is 0.643. The molecule has 6 nitrogen and oxygen atoms in total. The van der Waals surface area contributed by atoms with Gasteiger partial charge in [0.15, 0.2) is 0 Å². The lowest BCUT2D eigenvalue weighted by Gasteiger charge is -2.26. The number of hydrogen-bond donors (Lipinski definition) is 2. The van der Waals surface area contributed by atoms with Crippen molar-refractivity contribution in [1.29, 1.82) is 0 Å². The van der Waals surface area contributed by atoms with Crippen LogP contribution >= 0.6 is 0 Å². The maximum absolute atomic E-state index is 12.4. The van der Waals surface area contributed by atoms with Crippen molar-refractivity contribution in [1.82, 2.24) is 14.6 Å². The summed E-state index contributed by atoms with van der Waals surface area (Å²) in [7, 11) is -3.52. The first-order valence-electron chi connectivity index (χ1n) is 7.54. The quantitative estimate of drug-likeness (QED) is 0.793. The van der Waals surface area contributed by atoms with Crippen molar-refractivity contribution in [3.63, 3.8) is 0 Å². The van der Waals surface area contributed by atoms with Crippen LogP contribution in [-0.2, 0) is 10.0 Å². The topological polar surface area (TPSA) is 74.3 Å². The summed E-state index contributed by atoms with van der Waals surface area (Å²) in [4.78, 5) is 6.61. The van der Waals surface area contributed by atoms with E-state index in [0.29, 0.717) is 18.9 Å². The zero-order chi connectivity index (χ0) is 15.1. The van der Waals surface area contributed by atoms with E-state index in [1.807, 2.05) is 6.92 Å². The first-order valence-corrected chi connectivity index (χ1v) is 9.02. The second-order valence-corrected chi connectivity index (χ2v) is 6.92. The Bertz CT molecular complexity index is 542. The summed E-state index contributed by atoms with van der Waals surface area (Å²) in [5.41, 5.74) is 0. The van der Waals surface area contributed by atoms with Crippen LogP contribution in [0.5, 0.6) is 0 Å². The predicted octanol–water partition coefficient (Wildman–Crippen LogP) is 1.28. The smallest absolute Gasteiger partial charge is 0.244 e. The van der Waals surface area contributed by atoms with Crippen LogP contribution in [0.3, 0.4) is 0 Å². The molecule has 0 atom stereocenters. The molecule has 0 aromatic carbocycles. The van der Waals surface area contributed by atoms with Crippen LogP contribution in [0.1, 0.15) is 26.2 Å². The van der Waals surface area contributed by atoms with E-state index in [2.05, 4.69) is 19.9 Å². The number of piperidine rings is 1. The molecule has 1 saturated heterocycles. The van der Waals surface area contributed by atoms with Crippen LogP contribution in [-0.4, -0.2) is 51.0 Å². The minimum atomic E-state index is -3.52. The molecule has 1 aliphatic rings. The molecule has 1 aromatic heterocycles. The van der Waals surface area contributed by atoms with E-state index in [1.165, 1.54) is 19.3 Å². The highest BCUT2D eigenvalue weighted by molar-refractivity contribution is 7.89. The summed E-state index contributed by atoms with van der Waals surface area (Å²) in [5.74, 6) is 0.408. The molecule has 2 N–H and O–H groups in total. The zero-order valence-corrected chi connectivity index (χ0v) is 13.3. The van der Waals surface area contributed by atoms with E-state index in [9.17, 15) is 8.42 Å². The summed E-state index contributed by atoms with van der Waals surface area (Å²) >= 11 is 0. The number of anilines is 1. The van der Waals surface area contributed by atoms with Crippen molar-refractivity contribution in [2.24, 2.45) is 0 Å². The molecule has 1 aromatic rings. The second kappa shape index (κ2) is 7.72. The number of aromatic nitrogens is 1. The van der Waals surface area contributed by atoms with Gasteiger partial charge in [0.25, 0.3) is 0 Å². The van der Waals surface area contributed by atoms with Gasteiger partial charge >= 0.3 is 0 Å². The maximum atomic E-state index is 12.4. The number of rotatable bonds is 7. The highest BCUT2D eigenvalue weighted by Gasteiger charge is 2.19. The fourth-order valence-electron chi connectivity index (χ4n) is 2.51. The van der Waals surface area contributed by atoms with E-state index in [4.69, 9.17) is 0 Å². The molecule has 2 heterocycles. The van der Waals surface area contributed by atoms with E-state index < -0.39 is 10.0 Å². The van der Waals surface area contributed by atoms with Crippen molar-refractivity contribution >= 4 is 15.8 Å². The van der Waals surface area contributed by atoms with E-state index >= 15 is 0 Å². The van der Waals surface area contributed by atoms with Crippen LogP contribution in [0.2, 0.25) is 0 Å². The van der Waals surface area contributed by atoms with Gasteiger partial charge in [0.2, 0.25) is 10.0 Å². The van der Waals surface area contributed by atoms with Crippen LogP contribution in [0.15, 0.2) is 23.2 Å². The summed E-state index contributed by atoms with van der Waals surface area (Å²) in [6.07, 6.45) is 5.29. The molecule has 0 saturated carbocycles. The maximum Gasteiger partial charge on any atom is 0.244 e. The van der Waals surface area contributed by atoms with Crippen LogP contribution < -0.4 is 10.0 Å². The number of nitrogens with one attached hydrogen (secondary N) is 2. The Kier molecular flexibility index (Phi) is 5.96. The van der Waals surface area contributed by atoms with Gasteiger partial charge < -0.3 is 10.2 Å². The Balaban J connectivity index is 1.94. The molecule has 2 rings (SSSR count). The number of nitrogens with zero attached hydrogens (tertiary/aromatic N) is 2. The summed E-state index contributed by atoms with van der Waals surface area (Å²) in [5, 5.41) is 2.98.